The second kappa shape index (κ2) is 6.92. The number of nitrogen functional groups attached to an aromatic ring is 1. The lowest BCUT2D eigenvalue weighted by Gasteiger charge is -2.12. The summed E-state index contributed by atoms with van der Waals surface area (Å²) in [7, 11) is 0. The van der Waals surface area contributed by atoms with E-state index in [1.807, 2.05) is 13.0 Å². The molecule has 0 atom stereocenters. The van der Waals surface area contributed by atoms with Crippen LogP contribution in [0, 0.1) is 0 Å². The number of nitrogens with one attached hydrogen (secondary N) is 2. The van der Waals surface area contributed by atoms with Gasteiger partial charge in [0, 0.05) is 0 Å². The van der Waals surface area contributed by atoms with Crippen LogP contribution in [-0.4, -0.2) is 17.5 Å². The number of amides is 1. The fraction of sp³-hybridized carbons (Fsp3) is 0.143. The van der Waals surface area contributed by atoms with E-state index < -0.39 is 5.91 Å². The van der Waals surface area contributed by atoms with Crippen molar-refractivity contribution in [3.05, 3.63) is 47.1 Å². The maximum absolute atomic E-state index is 12.3. The predicted octanol–water partition coefficient (Wildman–Crippen LogP) is 2.67. The van der Waals surface area contributed by atoms with Gasteiger partial charge in [-0.1, -0.05) is 23.7 Å². The first-order chi connectivity index (χ1) is 10.2. The zero-order chi connectivity index (χ0) is 15.2. The van der Waals surface area contributed by atoms with Crippen molar-refractivity contribution in [3.8, 4) is 5.75 Å². The summed E-state index contributed by atoms with van der Waals surface area (Å²) in [4.78, 5) is 16.3. The highest BCUT2D eigenvalue weighted by Crippen LogP contribution is 2.25. The highest BCUT2D eigenvalue weighted by Gasteiger charge is 2.15. The monoisotopic (exact) mass is 306 g/mol. The van der Waals surface area contributed by atoms with Crippen LogP contribution in [0.5, 0.6) is 5.75 Å². The van der Waals surface area contributed by atoms with Gasteiger partial charge in [-0.2, -0.15) is 0 Å². The number of carbonyl (C=O) groups is 1. The van der Waals surface area contributed by atoms with Gasteiger partial charge in [-0.3, -0.25) is 4.79 Å². The van der Waals surface area contributed by atoms with Gasteiger partial charge >= 0.3 is 0 Å². The third-order valence-corrected chi connectivity index (χ3v) is 2.95. The number of carbonyl (C=O) groups excluding carboxylic acids is 1. The van der Waals surface area contributed by atoms with Crippen LogP contribution in [0.15, 0.2) is 36.4 Å². The average molecular weight is 307 g/mol. The van der Waals surface area contributed by atoms with Crippen LogP contribution in [0.4, 0.5) is 11.5 Å². The van der Waals surface area contributed by atoms with Crippen molar-refractivity contribution in [1.29, 1.82) is 0 Å². The maximum Gasteiger partial charge on any atom is 0.276 e. The predicted molar refractivity (Wildman–Crippen MR) is 82.6 cm³/mol. The molecule has 0 aliphatic rings. The Kier molecular flexibility index (Phi) is 4.97. The molecule has 0 spiro atoms. The van der Waals surface area contributed by atoms with Gasteiger partial charge in [-0.25, -0.2) is 10.8 Å². The van der Waals surface area contributed by atoms with Crippen LogP contribution in [0.1, 0.15) is 17.4 Å². The second-order valence-corrected chi connectivity index (χ2v) is 4.46. The molecule has 110 valence electrons. The molecule has 0 saturated carbocycles. The van der Waals surface area contributed by atoms with Gasteiger partial charge in [-0.15, -0.1) is 0 Å². The topological polar surface area (TPSA) is 89.3 Å². The number of para-hydroxylation sites is 2. The number of aromatic nitrogens is 1. The third kappa shape index (κ3) is 3.62. The Morgan fingerprint density at radius 3 is 2.81 bits per heavy atom. The number of benzene rings is 1. The first-order valence-corrected chi connectivity index (χ1v) is 6.69. The Morgan fingerprint density at radius 2 is 2.10 bits per heavy atom. The van der Waals surface area contributed by atoms with Crippen molar-refractivity contribution >= 4 is 29.0 Å². The van der Waals surface area contributed by atoms with Gasteiger partial charge in [0.25, 0.3) is 5.91 Å². The van der Waals surface area contributed by atoms with Crippen LogP contribution in [0.2, 0.25) is 5.02 Å². The molecule has 21 heavy (non-hydrogen) atoms. The highest BCUT2D eigenvalue weighted by atomic mass is 35.5. The van der Waals surface area contributed by atoms with E-state index in [1.54, 1.807) is 30.3 Å². The Morgan fingerprint density at radius 1 is 1.33 bits per heavy atom. The summed E-state index contributed by atoms with van der Waals surface area (Å²) in [5.41, 5.74) is 3.00. The summed E-state index contributed by atoms with van der Waals surface area (Å²) in [5, 5.41) is 2.96. The van der Waals surface area contributed by atoms with Gasteiger partial charge < -0.3 is 15.5 Å². The van der Waals surface area contributed by atoms with Crippen molar-refractivity contribution in [2.24, 2.45) is 5.84 Å². The number of anilines is 2. The average Bonchev–Trinajstić information content (AvgIpc) is 2.50. The van der Waals surface area contributed by atoms with Crippen LogP contribution >= 0.6 is 11.6 Å². The fourth-order valence-electron chi connectivity index (χ4n) is 1.71. The molecule has 7 heteroatoms. The van der Waals surface area contributed by atoms with E-state index in [4.69, 9.17) is 22.2 Å². The molecule has 6 nitrogen and oxygen atoms in total. The molecule has 1 aromatic heterocycles. The Balaban J connectivity index is 2.26. The van der Waals surface area contributed by atoms with E-state index >= 15 is 0 Å². The molecule has 0 bridgehead atoms. The molecule has 2 rings (SSSR count). The van der Waals surface area contributed by atoms with Crippen molar-refractivity contribution in [1.82, 2.24) is 4.98 Å². The summed E-state index contributed by atoms with van der Waals surface area (Å²) < 4.78 is 5.45. The SMILES string of the molecule is CCOc1ccccc1NC(=O)c1nc(NN)ccc1Cl. The summed E-state index contributed by atoms with van der Waals surface area (Å²) in [5.74, 6) is 5.77. The van der Waals surface area contributed by atoms with E-state index in [-0.39, 0.29) is 10.7 Å². The number of hydrogen-bond donors (Lipinski definition) is 3. The van der Waals surface area contributed by atoms with E-state index in [9.17, 15) is 4.79 Å². The molecule has 0 radical (unpaired) electrons. The molecule has 0 unspecified atom stereocenters. The van der Waals surface area contributed by atoms with E-state index in [0.717, 1.165) is 0 Å². The summed E-state index contributed by atoms with van der Waals surface area (Å²) in [6.07, 6.45) is 0. The zero-order valence-corrected chi connectivity index (χ0v) is 12.1. The van der Waals surface area contributed by atoms with Gasteiger partial charge in [0.1, 0.15) is 17.3 Å². The van der Waals surface area contributed by atoms with Crippen LogP contribution in [0.25, 0.3) is 0 Å². The Labute approximate surface area is 127 Å². The van der Waals surface area contributed by atoms with Crippen molar-refractivity contribution in [3.63, 3.8) is 0 Å². The van der Waals surface area contributed by atoms with E-state index in [2.05, 4.69) is 15.7 Å². The lowest BCUT2D eigenvalue weighted by atomic mass is 10.2. The molecule has 1 heterocycles. The number of hydrogen-bond acceptors (Lipinski definition) is 5. The van der Waals surface area contributed by atoms with Crippen LogP contribution < -0.4 is 21.3 Å². The fourth-order valence-corrected chi connectivity index (χ4v) is 1.91. The largest absolute Gasteiger partial charge is 0.492 e. The standard InChI is InChI=1S/C14H15ClN4O2/c1-2-21-11-6-4-3-5-10(11)17-14(20)13-9(15)7-8-12(18-13)19-16/h3-8H,2,16H2,1H3,(H,17,20)(H,18,19). The van der Waals surface area contributed by atoms with Gasteiger partial charge in [0.2, 0.25) is 0 Å². The minimum absolute atomic E-state index is 0.0819. The smallest absolute Gasteiger partial charge is 0.276 e. The highest BCUT2D eigenvalue weighted by molar-refractivity contribution is 6.34. The van der Waals surface area contributed by atoms with Crippen LogP contribution in [-0.2, 0) is 0 Å². The first-order valence-electron chi connectivity index (χ1n) is 6.32. The molecule has 0 aliphatic heterocycles. The first kappa shape index (κ1) is 15.1. The van der Waals surface area contributed by atoms with E-state index in [1.165, 1.54) is 0 Å². The third-order valence-electron chi connectivity index (χ3n) is 2.64. The van der Waals surface area contributed by atoms with Gasteiger partial charge in [0.15, 0.2) is 0 Å². The zero-order valence-electron chi connectivity index (χ0n) is 11.4. The molecule has 0 aliphatic carbocycles. The number of halogens is 1. The normalized spacial score (nSPS) is 10.0. The number of ether oxygens (including phenoxy) is 1. The molecule has 1 aromatic carbocycles. The number of hydrazine groups is 1. The van der Waals surface area contributed by atoms with Crippen molar-refractivity contribution in [2.45, 2.75) is 6.92 Å². The number of nitrogens with zero attached hydrogens (tertiary/aromatic N) is 1. The summed E-state index contributed by atoms with van der Waals surface area (Å²) in [6.45, 7) is 2.37. The van der Waals surface area contributed by atoms with Gasteiger partial charge in [-0.05, 0) is 31.2 Å². The van der Waals surface area contributed by atoms with Crippen molar-refractivity contribution in [2.75, 3.05) is 17.3 Å². The van der Waals surface area contributed by atoms with Crippen molar-refractivity contribution < 1.29 is 9.53 Å². The Hall–Kier alpha value is -2.31. The molecule has 4 N–H and O–H groups in total. The molecular formula is C14H15ClN4O2. The van der Waals surface area contributed by atoms with Gasteiger partial charge in [0.05, 0.1) is 17.3 Å². The number of rotatable bonds is 5. The van der Waals surface area contributed by atoms with E-state index in [0.29, 0.717) is 23.9 Å². The van der Waals surface area contributed by atoms with Crippen LogP contribution in [0.3, 0.4) is 0 Å². The molecular weight excluding hydrogens is 292 g/mol. The molecule has 0 fully saturated rings. The maximum atomic E-state index is 12.3. The second-order valence-electron chi connectivity index (χ2n) is 4.05. The minimum Gasteiger partial charge on any atom is -0.492 e. The molecule has 0 saturated heterocycles. The Bertz CT molecular complexity index is 649. The lowest BCUT2D eigenvalue weighted by Crippen LogP contribution is -2.17. The summed E-state index contributed by atoms with van der Waals surface area (Å²) >= 11 is 5.99. The lowest BCUT2D eigenvalue weighted by molar-refractivity contribution is 0.102. The summed E-state index contributed by atoms with van der Waals surface area (Å²) in [6, 6.07) is 10.3. The minimum atomic E-state index is -0.441. The molecule has 2 aromatic rings. The molecule has 1 amide bonds. The number of nitrogens with two attached hydrogens (primary N) is 1. The quantitative estimate of drug-likeness (QED) is 0.584. The number of pyridine rings is 1.